The van der Waals surface area contributed by atoms with E-state index in [0.29, 0.717) is 11.0 Å². The molecule has 0 fully saturated rings. The molecule has 1 atom stereocenters. The van der Waals surface area contributed by atoms with E-state index in [-0.39, 0.29) is 0 Å². The van der Waals surface area contributed by atoms with Crippen LogP contribution in [0.2, 0.25) is 0 Å². The van der Waals surface area contributed by atoms with E-state index in [1.165, 1.54) is 16.9 Å². The first-order valence-electron chi connectivity index (χ1n) is 6.03. The van der Waals surface area contributed by atoms with Gasteiger partial charge in [0.1, 0.15) is 15.9 Å². The maximum Gasteiger partial charge on any atom is 0.316 e. The number of thiophene rings is 1. The average molecular weight is 295 g/mol. The number of aliphatic carboxylic acids is 1. The van der Waals surface area contributed by atoms with Gasteiger partial charge in [0, 0.05) is 4.88 Å². The normalized spacial score (nSPS) is 15.6. The molecule has 0 aromatic carbocycles. The minimum atomic E-state index is -0.874. The summed E-state index contributed by atoms with van der Waals surface area (Å²) >= 11 is 2.78. The second-order valence-electron chi connectivity index (χ2n) is 4.53. The smallest absolute Gasteiger partial charge is 0.316 e. The maximum absolute atomic E-state index is 10.9. The molecule has 1 aliphatic carbocycles. The molecule has 0 radical (unpaired) electrons. The highest BCUT2D eigenvalue weighted by Crippen LogP contribution is 2.39. The number of anilines is 1. The molecule has 2 aromatic heterocycles. The third-order valence-corrected chi connectivity index (χ3v) is 5.34. The van der Waals surface area contributed by atoms with Gasteiger partial charge in [-0.2, -0.15) is 0 Å². The van der Waals surface area contributed by atoms with Crippen molar-refractivity contribution in [3.63, 3.8) is 0 Å². The minimum Gasteiger partial charge on any atom is -0.480 e. The Hall–Kier alpha value is -1.34. The van der Waals surface area contributed by atoms with Crippen molar-refractivity contribution in [1.29, 1.82) is 0 Å². The molecule has 3 N–H and O–H groups in total. The quantitative estimate of drug-likeness (QED) is 0.667. The molecule has 19 heavy (non-hydrogen) atoms. The lowest BCUT2D eigenvalue weighted by Gasteiger charge is -2.06. The summed E-state index contributed by atoms with van der Waals surface area (Å²) in [5.41, 5.74) is 7.31. The molecule has 5 nitrogen and oxygen atoms in total. The number of rotatable bonds is 3. The molecule has 7 heteroatoms. The Labute approximate surface area is 118 Å². The van der Waals surface area contributed by atoms with Gasteiger partial charge in [0.2, 0.25) is 0 Å². The number of carboxylic acids is 1. The number of carbonyl (C=O) groups is 1. The van der Waals surface area contributed by atoms with Crippen LogP contribution in [0.3, 0.4) is 0 Å². The lowest BCUT2D eigenvalue weighted by Crippen LogP contribution is -2.12. The van der Waals surface area contributed by atoms with Crippen LogP contribution in [-0.4, -0.2) is 26.3 Å². The molecular formula is C12H13N3O2S2. The lowest BCUT2D eigenvalue weighted by molar-refractivity contribution is -0.136. The Balaban J connectivity index is 2.03. The van der Waals surface area contributed by atoms with Crippen molar-refractivity contribution in [3.8, 4) is 0 Å². The number of hydrogen-bond donors (Lipinski definition) is 2. The Morgan fingerprint density at radius 2 is 2.26 bits per heavy atom. The zero-order chi connectivity index (χ0) is 13.6. The largest absolute Gasteiger partial charge is 0.480 e. The molecule has 0 bridgehead atoms. The predicted octanol–water partition coefficient (Wildman–Crippen LogP) is 2.33. The van der Waals surface area contributed by atoms with E-state index in [9.17, 15) is 4.79 Å². The Kier molecular flexibility index (Phi) is 3.10. The van der Waals surface area contributed by atoms with E-state index in [2.05, 4.69) is 9.97 Å². The number of aromatic nitrogens is 2. The van der Waals surface area contributed by atoms with Gasteiger partial charge in [0.25, 0.3) is 0 Å². The van der Waals surface area contributed by atoms with Crippen LogP contribution in [-0.2, 0) is 17.6 Å². The Morgan fingerprint density at radius 3 is 3.00 bits per heavy atom. The van der Waals surface area contributed by atoms with Gasteiger partial charge in [-0.3, -0.25) is 4.79 Å². The number of aryl methyl sites for hydroxylation is 2. The number of nitrogens with two attached hydrogens (primary N) is 1. The molecule has 100 valence electrons. The zero-order valence-electron chi connectivity index (χ0n) is 10.3. The summed E-state index contributed by atoms with van der Waals surface area (Å²) in [7, 11) is 0. The molecule has 2 heterocycles. The van der Waals surface area contributed by atoms with Crippen LogP contribution >= 0.6 is 23.1 Å². The monoisotopic (exact) mass is 295 g/mol. The van der Waals surface area contributed by atoms with Crippen LogP contribution in [0.4, 0.5) is 5.82 Å². The first-order chi connectivity index (χ1) is 9.06. The van der Waals surface area contributed by atoms with E-state index in [0.717, 1.165) is 34.8 Å². The zero-order valence-corrected chi connectivity index (χ0v) is 12.0. The summed E-state index contributed by atoms with van der Waals surface area (Å²) < 4.78 is 0. The number of fused-ring (bicyclic) bond motifs is 3. The third kappa shape index (κ3) is 2.17. The van der Waals surface area contributed by atoms with Gasteiger partial charge in [-0.05, 0) is 31.7 Å². The van der Waals surface area contributed by atoms with Gasteiger partial charge in [0.15, 0.2) is 5.16 Å². The van der Waals surface area contributed by atoms with Crippen molar-refractivity contribution >= 4 is 45.1 Å². The highest BCUT2D eigenvalue weighted by atomic mass is 32.2. The predicted molar refractivity (Wildman–Crippen MR) is 76.8 cm³/mol. The van der Waals surface area contributed by atoms with Gasteiger partial charge in [-0.25, -0.2) is 9.97 Å². The van der Waals surface area contributed by atoms with Crippen molar-refractivity contribution in [3.05, 3.63) is 10.4 Å². The van der Waals surface area contributed by atoms with Gasteiger partial charge in [-0.15, -0.1) is 11.3 Å². The summed E-state index contributed by atoms with van der Waals surface area (Å²) in [6.45, 7) is 1.62. The highest BCUT2D eigenvalue weighted by molar-refractivity contribution is 8.00. The summed E-state index contributed by atoms with van der Waals surface area (Å²) in [6, 6.07) is 0. The second-order valence-corrected chi connectivity index (χ2v) is 6.92. The van der Waals surface area contributed by atoms with Crippen LogP contribution in [0.25, 0.3) is 10.2 Å². The van der Waals surface area contributed by atoms with Crippen LogP contribution in [0.1, 0.15) is 23.8 Å². The molecule has 0 aliphatic heterocycles. The standard InChI is InChI=1S/C12H13N3O2S2/c1-5(11(16)17)18-12-14-9(13)8-6-3-2-4-7(6)19-10(8)15-12/h5H,2-4H2,1H3,(H,16,17)(H2,13,14,15)/t5-/m1/s1. The topological polar surface area (TPSA) is 89.1 Å². The fourth-order valence-corrected chi connectivity index (χ4v) is 4.30. The van der Waals surface area contributed by atoms with Crippen LogP contribution in [0, 0.1) is 0 Å². The SMILES string of the molecule is C[C@@H](Sc1nc(N)c2c3c(sc2n1)CCC3)C(=O)O. The molecule has 3 rings (SSSR count). The Bertz CT molecular complexity index is 669. The minimum absolute atomic E-state index is 0.444. The van der Waals surface area contributed by atoms with Gasteiger partial charge < -0.3 is 10.8 Å². The molecule has 1 aliphatic rings. The fourth-order valence-electron chi connectivity index (χ4n) is 2.26. The average Bonchev–Trinajstić information content (AvgIpc) is 2.87. The number of carboxylic acid groups (broad SMARTS) is 1. The van der Waals surface area contributed by atoms with Gasteiger partial charge >= 0.3 is 5.97 Å². The van der Waals surface area contributed by atoms with E-state index < -0.39 is 11.2 Å². The van der Waals surface area contributed by atoms with E-state index in [1.54, 1.807) is 18.3 Å². The molecule has 0 saturated carbocycles. The number of hydrogen-bond acceptors (Lipinski definition) is 6. The first kappa shape index (κ1) is 12.7. The summed E-state index contributed by atoms with van der Waals surface area (Å²) in [5, 5.41) is 9.76. The fraction of sp³-hybridized carbons (Fsp3) is 0.417. The van der Waals surface area contributed by atoms with E-state index in [1.807, 2.05) is 0 Å². The van der Waals surface area contributed by atoms with Crippen molar-refractivity contribution in [2.45, 2.75) is 36.6 Å². The summed E-state index contributed by atoms with van der Waals surface area (Å²) in [5.74, 6) is -0.398. The maximum atomic E-state index is 10.9. The van der Waals surface area contributed by atoms with Crippen molar-refractivity contribution in [1.82, 2.24) is 9.97 Å². The van der Waals surface area contributed by atoms with E-state index >= 15 is 0 Å². The molecule has 0 amide bonds. The highest BCUT2D eigenvalue weighted by Gasteiger charge is 2.22. The Morgan fingerprint density at radius 1 is 1.47 bits per heavy atom. The first-order valence-corrected chi connectivity index (χ1v) is 7.73. The number of thioether (sulfide) groups is 1. The van der Waals surface area contributed by atoms with Crippen LogP contribution in [0.5, 0.6) is 0 Å². The molecule has 2 aromatic rings. The molecule has 0 unspecified atom stereocenters. The third-order valence-electron chi connectivity index (χ3n) is 3.20. The lowest BCUT2D eigenvalue weighted by atomic mass is 10.2. The summed E-state index contributed by atoms with van der Waals surface area (Å²) in [6.07, 6.45) is 3.30. The van der Waals surface area contributed by atoms with Gasteiger partial charge in [0.05, 0.1) is 5.39 Å². The number of nitrogens with zero attached hydrogens (tertiary/aromatic N) is 2. The van der Waals surface area contributed by atoms with Crippen molar-refractivity contribution in [2.24, 2.45) is 0 Å². The van der Waals surface area contributed by atoms with E-state index in [4.69, 9.17) is 10.8 Å². The van der Waals surface area contributed by atoms with Crippen molar-refractivity contribution < 1.29 is 9.90 Å². The molecule has 0 saturated heterocycles. The number of nitrogen functional groups attached to an aromatic ring is 1. The van der Waals surface area contributed by atoms with Gasteiger partial charge in [-0.1, -0.05) is 11.8 Å². The summed E-state index contributed by atoms with van der Waals surface area (Å²) in [4.78, 5) is 21.8. The van der Waals surface area contributed by atoms with Crippen LogP contribution < -0.4 is 5.73 Å². The molecule has 0 spiro atoms. The van der Waals surface area contributed by atoms with Crippen molar-refractivity contribution in [2.75, 3.05) is 5.73 Å². The molecular weight excluding hydrogens is 282 g/mol. The second kappa shape index (κ2) is 4.64. The van der Waals surface area contributed by atoms with Crippen LogP contribution in [0.15, 0.2) is 5.16 Å².